The second-order valence-corrected chi connectivity index (χ2v) is 7.00. The molecule has 1 aliphatic rings. The highest BCUT2D eigenvalue weighted by atomic mass is 16.2. The number of H-pyrrole nitrogens is 1. The van der Waals surface area contributed by atoms with Crippen LogP contribution in [-0.2, 0) is 20.0 Å². The summed E-state index contributed by atoms with van der Waals surface area (Å²) in [5.74, 6) is 1.84. The number of hydrogen-bond acceptors (Lipinski definition) is 3. The first-order valence-corrected chi connectivity index (χ1v) is 8.61. The average molecular weight is 329 g/mol. The number of imidazole rings is 1. The third-order valence-corrected chi connectivity index (χ3v) is 4.77. The molecule has 1 fully saturated rings. The number of nitrogens with zero attached hydrogens (tertiary/aromatic N) is 4. The fraction of sp³-hybridized carbons (Fsp3) is 0.556. The van der Waals surface area contributed by atoms with E-state index in [4.69, 9.17) is 0 Å². The van der Waals surface area contributed by atoms with Gasteiger partial charge in [-0.3, -0.25) is 9.69 Å². The minimum atomic E-state index is 0.0209. The number of piperidine rings is 1. The van der Waals surface area contributed by atoms with E-state index in [9.17, 15) is 4.79 Å². The number of amides is 1. The fourth-order valence-corrected chi connectivity index (χ4v) is 3.45. The molecule has 6 nitrogen and oxygen atoms in total. The van der Waals surface area contributed by atoms with Crippen LogP contribution in [0.1, 0.15) is 34.8 Å². The zero-order valence-corrected chi connectivity index (χ0v) is 14.8. The number of hydrogen-bond donors (Lipinski definition) is 1. The molecule has 3 rings (SSSR count). The monoisotopic (exact) mass is 329 g/mol. The van der Waals surface area contributed by atoms with Crippen molar-refractivity contribution in [1.82, 2.24) is 24.3 Å². The van der Waals surface area contributed by atoms with E-state index in [0.717, 1.165) is 31.7 Å². The van der Waals surface area contributed by atoms with Crippen LogP contribution in [0.2, 0.25) is 0 Å². The number of aryl methyl sites for hydroxylation is 1. The Bertz CT molecular complexity index is 687. The number of aromatic nitrogens is 3. The molecule has 1 N–H and O–H groups in total. The van der Waals surface area contributed by atoms with Crippen LogP contribution in [0.4, 0.5) is 0 Å². The standard InChI is InChI=1S/C18H27N5O/c1-21(2)18(24)16-7-6-15(20-16)13-23-9-4-5-14(12-23)11-17-19-8-10-22(17)3/h6-8,10,14,20H,4-5,9,11-13H2,1-3H3. The molecule has 0 aromatic carbocycles. The van der Waals surface area contributed by atoms with Crippen LogP contribution in [0.5, 0.6) is 0 Å². The number of aromatic amines is 1. The predicted octanol–water partition coefficient (Wildman–Crippen LogP) is 1.90. The molecule has 1 amide bonds. The summed E-state index contributed by atoms with van der Waals surface area (Å²) in [4.78, 5) is 23.8. The van der Waals surface area contributed by atoms with Crippen molar-refractivity contribution in [3.05, 3.63) is 41.7 Å². The van der Waals surface area contributed by atoms with Crippen molar-refractivity contribution in [2.75, 3.05) is 27.2 Å². The Hall–Kier alpha value is -2.08. The van der Waals surface area contributed by atoms with Gasteiger partial charge in [-0.1, -0.05) is 0 Å². The number of carbonyl (C=O) groups excluding carboxylic acids is 1. The lowest BCUT2D eigenvalue weighted by atomic mass is 9.94. The third kappa shape index (κ3) is 3.87. The molecule has 2 aromatic heterocycles. The van der Waals surface area contributed by atoms with E-state index in [2.05, 4.69) is 26.5 Å². The van der Waals surface area contributed by atoms with Gasteiger partial charge in [-0.05, 0) is 37.4 Å². The van der Waals surface area contributed by atoms with Gasteiger partial charge in [0.15, 0.2) is 0 Å². The van der Waals surface area contributed by atoms with Crippen molar-refractivity contribution in [3.63, 3.8) is 0 Å². The van der Waals surface area contributed by atoms with Crippen LogP contribution in [0.25, 0.3) is 0 Å². The van der Waals surface area contributed by atoms with Crippen molar-refractivity contribution < 1.29 is 4.79 Å². The Labute approximate surface area is 143 Å². The summed E-state index contributed by atoms with van der Waals surface area (Å²) in [6.45, 7) is 3.08. The van der Waals surface area contributed by atoms with Gasteiger partial charge in [0.1, 0.15) is 11.5 Å². The minimum Gasteiger partial charge on any atom is -0.353 e. The highest BCUT2D eigenvalue weighted by Gasteiger charge is 2.22. The summed E-state index contributed by atoms with van der Waals surface area (Å²) in [5.41, 5.74) is 1.77. The molecule has 0 radical (unpaired) electrons. The van der Waals surface area contributed by atoms with E-state index in [0.29, 0.717) is 11.6 Å². The van der Waals surface area contributed by atoms with E-state index >= 15 is 0 Å². The number of likely N-dealkylation sites (tertiary alicyclic amines) is 1. The van der Waals surface area contributed by atoms with Gasteiger partial charge < -0.3 is 14.5 Å². The second kappa shape index (κ2) is 7.21. The summed E-state index contributed by atoms with van der Waals surface area (Å²) in [6, 6.07) is 3.91. The molecular weight excluding hydrogens is 302 g/mol. The first-order chi connectivity index (χ1) is 11.5. The first kappa shape index (κ1) is 16.8. The fourth-order valence-electron chi connectivity index (χ4n) is 3.45. The Morgan fingerprint density at radius 3 is 2.96 bits per heavy atom. The number of carbonyl (C=O) groups is 1. The molecule has 0 bridgehead atoms. The maximum absolute atomic E-state index is 12.0. The average Bonchev–Trinajstić information content (AvgIpc) is 3.17. The number of nitrogens with one attached hydrogen (secondary N) is 1. The highest BCUT2D eigenvalue weighted by Crippen LogP contribution is 2.21. The van der Waals surface area contributed by atoms with Crippen molar-refractivity contribution in [3.8, 4) is 0 Å². The highest BCUT2D eigenvalue weighted by molar-refractivity contribution is 5.92. The van der Waals surface area contributed by atoms with Crippen LogP contribution in [0.15, 0.2) is 24.5 Å². The zero-order valence-electron chi connectivity index (χ0n) is 14.8. The van der Waals surface area contributed by atoms with E-state index in [1.807, 2.05) is 24.5 Å². The van der Waals surface area contributed by atoms with Gasteiger partial charge in [0, 0.05) is 58.7 Å². The zero-order chi connectivity index (χ0) is 17.1. The van der Waals surface area contributed by atoms with E-state index in [1.54, 1.807) is 19.0 Å². The molecule has 0 saturated carbocycles. The molecule has 130 valence electrons. The number of rotatable bonds is 5. The molecular formula is C18H27N5O. The molecule has 1 aliphatic heterocycles. The second-order valence-electron chi connectivity index (χ2n) is 7.00. The van der Waals surface area contributed by atoms with Gasteiger partial charge in [0.05, 0.1) is 0 Å². The lowest BCUT2D eigenvalue weighted by Crippen LogP contribution is -2.36. The molecule has 1 saturated heterocycles. The predicted molar refractivity (Wildman–Crippen MR) is 93.7 cm³/mol. The molecule has 2 aromatic rings. The largest absolute Gasteiger partial charge is 0.353 e. The van der Waals surface area contributed by atoms with Gasteiger partial charge in [0.2, 0.25) is 0 Å². The molecule has 1 atom stereocenters. The van der Waals surface area contributed by atoms with Crippen LogP contribution in [-0.4, -0.2) is 57.4 Å². The summed E-state index contributed by atoms with van der Waals surface area (Å²) >= 11 is 0. The summed E-state index contributed by atoms with van der Waals surface area (Å²) in [7, 11) is 5.61. The minimum absolute atomic E-state index is 0.0209. The lowest BCUT2D eigenvalue weighted by molar-refractivity contribution is 0.0822. The Balaban J connectivity index is 1.57. The van der Waals surface area contributed by atoms with Gasteiger partial charge in [-0.15, -0.1) is 0 Å². The van der Waals surface area contributed by atoms with Crippen LogP contribution < -0.4 is 0 Å². The van der Waals surface area contributed by atoms with Gasteiger partial charge >= 0.3 is 0 Å². The lowest BCUT2D eigenvalue weighted by Gasteiger charge is -2.32. The van der Waals surface area contributed by atoms with Gasteiger partial charge in [-0.25, -0.2) is 4.98 Å². The Morgan fingerprint density at radius 2 is 2.25 bits per heavy atom. The van der Waals surface area contributed by atoms with E-state index in [-0.39, 0.29) is 5.91 Å². The maximum Gasteiger partial charge on any atom is 0.269 e. The van der Waals surface area contributed by atoms with E-state index in [1.165, 1.54) is 18.7 Å². The molecule has 24 heavy (non-hydrogen) atoms. The Morgan fingerprint density at radius 1 is 1.42 bits per heavy atom. The van der Waals surface area contributed by atoms with Crippen molar-refractivity contribution in [2.24, 2.45) is 13.0 Å². The van der Waals surface area contributed by atoms with Crippen molar-refractivity contribution >= 4 is 5.91 Å². The molecule has 6 heteroatoms. The molecule has 3 heterocycles. The van der Waals surface area contributed by atoms with Crippen molar-refractivity contribution in [1.29, 1.82) is 0 Å². The van der Waals surface area contributed by atoms with Gasteiger partial charge in [0.25, 0.3) is 5.91 Å². The SMILES string of the molecule is CN(C)C(=O)c1ccc(CN2CCCC(Cc3nccn3C)C2)[nH]1. The normalized spacial score (nSPS) is 18.7. The van der Waals surface area contributed by atoms with Crippen LogP contribution in [0, 0.1) is 5.92 Å². The molecule has 0 aliphatic carbocycles. The third-order valence-electron chi connectivity index (χ3n) is 4.77. The summed E-state index contributed by atoms with van der Waals surface area (Å²) < 4.78 is 2.11. The maximum atomic E-state index is 12.0. The van der Waals surface area contributed by atoms with E-state index < -0.39 is 0 Å². The molecule has 0 spiro atoms. The molecule has 1 unspecified atom stereocenters. The Kier molecular flexibility index (Phi) is 5.04. The van der Waals surface area contributed by atoms with Crippen LogP contribution >= 0.6 is 0 Å². The van der Waals surface area contributed by atoms with Gasteiger partial charge in [-0.2, -0.15) is 0 Å². The van der Waals surface area contributed by atoms with Crippen LogP contribution in [0.3, 0.4) is 0 Å². The quantitative estimate of drug-likeness (QED) is 0.911. The first-order valence-electron chi connectivity index (χ1n) is 8.61. The summed E-state index contributed by atoms with van der Waals surface area (Å²) in [6.07, 6.45) is 7.41. The van der Waals surface area contributed by atoms with Crippen molar-refractivity contribution in [2.45, 2.75) is 25.8 Å². The topological polar surface area (TPSA) is 57.2 Å². The summed E-state index contributed by atoms with van der Waals surface area (Å²) in [5, 5.41) is 0. The smallest absolute Gasteiger partial charge is 0.269 e.